The van der Waals surface area contributed by atoms with Crippen LogP contribution in [0.1, 0.15) is 35.2 Å². The highest BCUT2D eigenvalue weighted by atomic mass is 127. The Kier molecular flexibility index (Phi) is 13.7. The minimum atomic E-state index is -0.0636. The molecule has 0 saturated carbocycles. The molecule has 1 aromatic rings. The van der Waals surface area contributed by atoms with E-state index in [2.05, 4.69) is 20.9 Å². The summed E-state index contributed by atoms with van der Waals surface area (Å²) < 4.78 is 11.1. The molecule has 1 heterocycles. The topological polar surface area (TPSA) is 84.0 Å². The van der Waals surface area contributed by atoms with Gasteiger partial charge >= 0.3 is 0 Å². The highest BCUT2D eigenvalue weighted by Crippen LogP contribution is 2.14. The van der Waals surface area contributed by atoms with Gasteiger partial charge in [0, 0.05) is 59.2 Å². The summed E-state index contributed by atoms with van der Waals surface area (Å²) in [5, 5.41) is 9.26. The van der Waals surface area contributed by atoms with E-state index < -0.39 is 0 Å². The van der Waals surface area contributed by atoms with E-state index in [1.165, 1.54) is 0 Å². The van der Waals surface area contributed by atoms with E-state index in [-0.39, 0.29) is 29.9 Å². The van der Waals surface area contributed by atoms with E-state index in [1.54, 1.807) is 14.1 Å². The highest BCUT2D eigenvalue weighted by molar-refractivity contribution is 14.0. The third-order valence-electron chi connectivity index (χ3n) is 4.80. The summed E-state index contributed by atoms with van der Waals surface area (Å²) in [5.41, 5.74) is 1.80. The molecule has 1 fully saturated rings. The van der Waals surface area contributed by atoms with Gasteiger partial charge in [-0.3, -0.25) is 9.79 Å². The van der Waals surface area contributed by atoms with Crippen LogP contribution in [0.5, 0.6) is 0 Å². The molecule has 1 aliphatic heterocycles. The molecule has 0 aliphatic carbocycles. The molecule has 164 valence electrons. The van der Waals surface area contributed by atoms with Crippen molar-refractivity contribution in [1.82, 2.24) is 16.0 Å². The molecule has 0 unspecified atom stereocenters. The van der Waals surface area contributed by atoms with Crippen LogP contribution in [0.15, 0.2) is 29.3 Å². The lowest BCUT2D eigenvalue weighted by molar-refractivity contribution is 0.0203. The number of hydrogen-bond acceptors (Lipinski definition) is 4. The number of hydrogen-bond donors (Lipinski definition) is 3. The summed E-state index contributed by atoms with van der Waals surface area (Å²) in [6.07, 6.45) is 3.99. The van der Waals surface area contributed by atoms with Crippen LogP contribution < -0.4 is 16.0 Å². The van der Waals surface area contributed by atoms with Crippen molar-refractivity contribution in [2.45, 2.75) is 25.7 Å². The van der Waals surface area contributed by atoms with Crippen molar-refractivity contribution in [2.24, 2.45) is 10.9 Å². The Hall–Kier alpha value is -1.39. The zero-order valence-electron chi connectivity index (χ0n) is 17.5. The van der Waals surface area contributed by atoms with Crippen molar-refractivity contribution in [1.29, 1.82) is 0 Å². The fraction of sp³-hybridized carbons (Fsp3) is 0.619. The molecule has 1 amide bonds. The van der Waals surface area contributed by atoms with E-state index >= 15 is 0 Å². The maximum atomic E-state index is 11.7. The molecular formula is C21H35IN4O3. The maximum Gasteiger partial charge on any atom is 0.251 e. The molecule has 0 radical (unpaired) electrons. The third kappa shape index (κ3) is 10.3. The minimum Gasteiger partial charge on any atom is -0.381 e. The van der Waals surface area contributed by atoms with Crippen LogP contribution in [-0.2, 0) is 15.9 Å². The molecule has 8 heteroatoms. The summed E-state index contributed by atoms with van der Waals surface area (Å²) in [6.45, 7) is 4.90. The number of aliphatic imine (C=N–C) groups is 1. The van der Waals surface area contributed by atoms with Crippen molar-refractivity contribution in [3.8, 4) is 0 Å². The quantitative estimate of drug-likeness (QED) is 0.192. The Morgan fingerprint density at radius 1 is 1.24 bits per heavy atom. The number of rotatable bonds is 10. The van der Waals surface area contributed by atoms with Gasteiger partial charge in [0.15, 0.2) is 5.96 Å². The number of carbonyl (C=O) groups is 1. The number of amides is 1. The van der Waals surface area contributed by atoms with Crippen LogP contribution in [0.4, 0.5) is 0 Å². The van der Waals surface area contributed by atoms with E-state index in [1.807, 2.05) is 24.3 Å². The normalized spacial score (nSPS) is 14.8. The van der Waals surface area contributed by atoms with Gasteiger partial charge in [-0.25, -0.2) is 0 Å². The number of nitrogens with zero attached hydrogens (tertiary/aromatic N) is 1. The molecule has 0 atom stereocenters. The molecule has 0 bridgehead atoms. The number of benzene rings is 1. The molecule has 0 spiro atoms. The number of halogens is 1. The summed E-state index contributed by atoms with van der Waals surface area (Å²) in [4.78, 5) is 16.0. The molecular weight excluding hydrogens is 483 g/mol. The molecule has 2 rings (SSSR count). The average Bonchev–Trinajstić information content (AvgIpc) is 2.75. The fourth-order valence-electron chi connectivity index (χ4n) is 3.10. The number of ether oxygens (including phenoxy) is 2. The largest absolute Gasteiger partial charge is 0.381 e. The molecule has 7 nitrogen and oxygen atoms in total. The Balaban J connectivity index is 0.00000420. The van der Waals surface area contributed by atoms with Crippen LogP contribution >= 0.6 is 24.0 Å². The van der Waals surface area contributed by atoms with Gasteiger partial charge in [-0.15, -0.1) is 24.0 Å². The van der Waals surface area contributed by atoms with Crippen LogP contribution in [0, 0.1) is 5.92 Å². The Morgan fingerprint density at radius 2 is 2.00 bits per heavy atom. The van der Waals surface area contributed by atoms with Crippen LogP contribution in [0.25, 0.3) is 0 Å². The monoisotopic (exact) mass is 518 g/mol. The summed E-state index contributed by atoms with van der Waals surface area (Å²) >= 11 is 0. The minimum absolute atomic E-state index is 0. The van der Waals surface area contributed by atoms with E-state index in [0.29, 0.717) is 11.5 Å². The lowest BCUT2D eigenvalue weighted by Crippen LogP contribution is -2.39. The Morgan fingerprint density at radius 3 is 2.72 bits per heavy atom. The van der Waals surface area contributed by atoms with Crippen molar-refractivity contribution in [2.75, 3.05) is 53.6 Å². The van der Waals surface area contributed by atoms with Crippen molar-refractivity contribution < 1.29 is 14.3 Å². The first-order valence-electron chi connectivity index (χ1n) is 10.1. The number of nitrogens with one attached hydrogen (secondary N) is 3. The predicted molar refractivity (Wildman–Crippen MR) is 127 cm³/mol. The van der Waals surface area contributed by atoms with Crippen LogP contribution in [0.3, 0.4) is 0 Å². The zero-order chi connectivity index (χ0) is 20.0. The summed E-state index contributed by atoms with van der Waals surface area (Å²) in [6, 6.07) is 7.68. The van der Waals surface area contributed by atoms with Crippen LogP contribution in [0.2, 0.25) is 0 Å². The van der Waals surface area contributed by atoms with Gasteiger partial charge in [-0.2, -0.15) is 0 Å². The first-order chi connectivity index (χ1) is 13.7. The van der Waals surface area contributed by atoms with E-state index in [0.717, 1.165) is 76.7 Å². The van der Waals surface area contributed by atoms with Gasteiger partial charge in [0.05, 0.1) is 0 Å². The first-order valence-corrected chi connectivity index (χ1v) is 10.1. The smallest absolute Gasteiger partial charge is 0.251 e. The van der Waals surface area contributed by atoms with Gasteiger partial charge in [0.1, 0.15) is 0 Å². The molecule has 1 aliphatic rings. The average molecular weight is 518 g/mol. The van der Waals surface area contributed by atoms with Gasteiger partial charge in [-0.1, -0.05) is 12.1 Å². The lowest BCUT2D eigenvalue weighted by atomic mass is 10.0. The Bertz CT molecular complexity index is 622. The number of guanidine groups is 1. The lowest BCUT2D eigenvalue weighted by Gasteiger charge is -2.21. The SMILES string of the molecule is CN=C(NCCCOCC1CCOCC1)NCCc1cccc(C(=O)NC)c1.I. The Labute approximate surface area is 191 Å². The fourth-order valence-corrected chi connectivity index (χ4v) is 3.10. The third-order valence-corrected chi connectivity index (χ3v) is 4.80. The molecule has 3 N–H and O–H groups in total. The number of carbonyl (C=O) groups excluding carboxylic acids is 1. The standard InChI is InChI=1S/C21H34N4O3.HI/c1-22-20(26)19-6-3-5-17(15-19)7-11-25-21(23-2)24-10-4-12-28-16-18-8-13-27-14-9-18;/h3,5-6,15,18H,4,7-14,16H2,1-2H3,(H,22,26)(H2,23,24,25);1H. The van der Waals surface area contributed by atoms with Gasteiger partial charge < -0.3 is 25.4 Å². The van der Waals surface area contributed by atoms with Gasteiger partial charge in [0.25, 0.3) is 5.91 Å². The van der Waals surface area contributed by atoms with Crippen molar-refractivity contribution in [3.63, 3.8) is 0 Å². The summed E-state index contributed by atoms with van der Waals surface area (Å²) in [7, 11) is 3.41. The molecule has 1 saturated heterocycles. The first kappa shape index (κ1) is 25.6. The second-order valence-corrected chi connectivity index (χ2v) is 6.94. The van der Waals surface area contributed by atoms with Gasteiger partial charge in [0.2, 0.25) is 0 Å². The molecule has 0 aromatic heterocycles. The van der Waals surface area contributed by atoms with Crippen molar-refractivity contribution in [3.05, 3.63) is 35.4 Å². The van der Waals surface area contributed by atoms with Gasteiger partial charge in [-0.05, 0) is 49.3 Å². The van der Waals surface area contributed by atoms with E-state index in [9.17, 15) is 4.79 Å². The molecule has 29 heavy (non-hydrogen) atoms. The van der Waals surface area contributed by atoms with Crippen LogP contribution in [-0.4, -0.2) is 65.5 Å². The second-order valence-electron chi connectivity index (χ2n) is 6.94. The predicted octanol–water partition coefficient (Wildman–Crippen LogP) is 2.21. The zero-order valence-corrected chi connectivity index (χ0v) is 19.9. The maximum absolute atomic E-state index is 11.7. The summed E-state index contributed by atoms with van der Waals surface area (Å²) in [5.74, 6) is 1.37. The molecule has 1 aromatic carbocycles. The van der Waals surface area contributed by atoms with E-state index in [4.69, 9.17) is 9.47 Å². The second kappa shape index (κ2) is 15.4. The highest BCUT2D eigenvalue weighted by Gasteiger charge is 2.13. The van der Waals surface area contributed by atoms with Crippen molar-refractivity contribution >= 4 is 35.8 Å².